The van der Waals surface area contributed by atoms with E-state index in [2.05, 4.69) is 15.3 Å². The minimum Gasteiger partial charge on any atom is -0.439 e. The van der Waals surface area contributed by atoms with Gasteiger partial charge in [0, 0.05) is 6.92 Å². The number of oxazole rings is 1. The van der Waals surface area contributed by atoms with Crippen LogP contribution >= 0.6 is 0 Å². The van der Waals surface area contributed by atoms with E-state index in [1.807, 2.05) is 6.20 Å². The highest BCUT2D eigenvalue weighted by Crippen LogP contribution is 2.29. The summed E-state index contributed by atoms with van der Waals surface area (Å²) in [7, 11) is 0. The van der Waals surface area contributed by atoms with Crippen LogP contribution in [0.3, 0.4) is 0 Å². The quantitative estimate of drug-likeness (QED) is 0.875. The van der Waals surface area contributed by atoms with Gasteiger partial charge in [-0.2, -0.15) is 0 Å². The smallest absolute Gasteiger partial charge is 0.191 e. The average molecular weight is 248 g/mol. The molecule has 1 saturated carbocycles. The topological polar surface area (TPSA) is 77.0 Å². The summed E-state index contributed by atoms with van der Waals surface area (Å²) in [6, 6.07) is 0.0315. The number of hydrogen-bond donors (Lipinski definition) is 1. The summed E-state index contributed by atoms with van der Waals surface area (Å²) in [6.07, 6.45) is 7.12. The first-order chi connectivity index (χ1) is 8.74. The number of aliphatic hydroxyl groups is 1. The molecule has 0 unspecified atom stereocenters. The lowest BCUT2D eigenvalue weighted by molar-refractivity contribution is 0.0685. The Labute approximate surface area is 105 Å². The first-order valence-corrected chi connectivity index (χ1v) is 6.27. The fourth-order valence-electron chi connectivity index (χ4n) is 2.43. The maximum absolute atomic E-state index is 9.98. The molecule has 1 aliphatic rings. The van der Waals surface area contributed by atoms with E-state index in [1.165, 1.54) is 0 Å². The molecule has 1 aliphatic carbocycles. The summed E-state index contributed by atoms with van der Waals surface area (Å²) in [5.41, 5.74) is 0.661. The molecule has 2 atom stereocenters. The average Bonchev–Trinajstić information content (AvgIpc) is 2.98. The number of aryl methyl sites for hydroxylation is 1. The lowest BCUT2D eigenvalue weighted by atomic mass is 9.93. The summed E-state index contributed by atoms with van der Waals surface area (Å²) in [4.78, 5) is 4.04. The molecule has 0 radical (unpaired) electrons. The lowest BCUT2D eigenvalue weighted by Crippen LogP contribution is -2.27. The van der Waals surface area contributed by atoms with Gasteiger partial charge in [0.1, 0.15) is 5.69 Å². The summed E-state index contributed by atoms with van der Waals surface area (Å²) >= 11 is 0. The van der Waals surface area contributed by atoms with E-state index < -0.39 is 0 Å². The molecule has 1 N–H and O–H groups in total. The van der Waals surface area contributed by atoms with Crippen LogP contribution in [0.4, 0.5) is 0 Å². The van der Waals surface area contributed by atoms with Gasteiger partial charge in [-0.05, 0) is 12.8 Å². The van der Waals surface area contributed by atoms with Crippen molar-refractivity contribution in [3.63, 3.8) is 0 Å². The van der Waals surface area contributed by atoms with E-state index in [0.29, 0.717) is 17.3 Å². The molecular formula is C12H16N4O2. The fourth-order valence-corrected chi connectivity index (χ4v) is 2.43. The van der Waals surface area contributed by atoms with Crippen LogP contribution in [0.2, 0.25) is 0 Å². The Morgan fingerprint density at radius 2 is 2.22 bits per heavy atom. The molecule has 0 aliphatic heterocycles. The maximum Gasteiger partial charge on any atom is 0.191 e. The molecule has 96 valence electrons. The first kappa shape index (κ1) is 11.4. The Hall–Kier alpha value is -1.69. The zero-order chi connectivity index (χ0) is 12.5. The van der Waals surface area contributed by atoms with E-state index in [-0.39, 0.29) is 12.1 Å². The summed E-state index contributed by atoms with van der Waals surface area (Å²) in [5.74, 6) is 1.22. The first-order valence-electron chi connectivity index (χ1n) is 6.27. The van der Waals surface area contributed by atoms with Crippen LogP contribution in [0.25, 0.3) is 11.5 Å². The molecule has 0 spiro atoms. The van der Waals surface area contributed by atoms with Gasteiger partial charge in [-0.3, -0.25) is 0 Å². The van der Waals surface area contributed by atoms with Gasteiger partial charge in [0.15, 0.2) is 11.7 Å². The maximum atomic E-state index is 9.98. The molecule has 2 aromatic heterocycles. The van der Waals surface area contributed by atoms with Gasteiger partial charge in [-0.25, -0.2) is 9.67 Å². The van der Waals surface area contributed by atoms with Crippen LogP contribution in [-0.2, 0) is 0 Å². The summed E-state index contributed by atoms with van der Waals surface area (Å²) in [6.45, 7) is 1.79. The monoisotopic (exact) mass is 248 g/mol. The Balaban J connectivity index is 1.84. The van der Waals surface area contributed by atoms with E-state index in [1.54, 1.807) is 17.8 Å². The van der Waals surface area contributed by atoms with Gasteiger partial charge in [0.25, 0.3) is 0 Å². The van der Waals surface area contributed by atoms with Gasteiger partial charge in [-0.1, -0.05) is 18.1 Å². The highest BCUT2D eigenvalue weighted by Gasteiger charge is 2.26. The number of aliphatic hydroxyl groups excluding tert-OH is 1. The molecule has 18 heavy (non-hydrogen) atoms. The van der Waals surface area contributed by atoms with Crippen molar-refractivity contribution in [1.29, 1.82) is 0 Å². The third kappa shape index (κ3) is 2.03. The molecule has 0 amide bonds. The highest BCUT2D eigenvalue weighted by molar-refractivity contribution is 5.48. The van der Waals surface area contributed by atoms with Crippen molar-refractivity contribution < 1.29 is 9.52 Å². The Bertz CT molecular complexity index is 534. The Morgan fingerprint density at radius 1 is 1.39 bits per heavy atom. The van der Waals surface area contributed by atoms with Gasteiger partial charge in [0.05, 0.1) is 24.5 Å². The van der Waals surface area contributed by atoms with Gasteiger partial charge < -0.3 is 9.52 Å². The standard InChI is InChI=1S/C12H16N4O2/c1-8-13-6-12(18-8)9-7-16(15-14-9)10-4-2-3-5-11(10)17/h6-7,10-11,17H,2-5H2,1H3/t10-,11-/m1/s1. The van der Waals surface area contributed by atoms with E-state index in [0.717, 1.165) is 25.7 Å². The number of hydrogen-bond acceptors (Lipinski definition) is 5. The molecule has 0 saturated heterocycles. The van der Waals surface area contributed by atoms with Crippen LogP contribution in [-0.4, -0.2) is 31.2 Å². The van der Waals surface area contributed by atoms with Crippen molar-refractivity contribution in [3.05, 3.63) is 18.3 Å². The third-order valence-corrected chi connectivity index (χ3v) is 3.42. The molecule has 6 nitrogen and oxygen atoms in total. The molecule has 0 bridgehead atoms. The van der Waals surface area contributed by atoms with Crippen LogP contribution in [0, 0.1) is 6.92 Å². The van der Waals surface area contributed by atoms with Crippen LogP contribution in [0.5, 0.6) is 0 Å². The van der Waals surface area contributed by atoms with Gasteiger partial charge >= 0.3 is 0 Å². The van der Waals surface area contributed by atoms with Gasteiger partial charge in [0.2, 0.25) is 0 Å². The minimum atomic E-state index is -0.329. The van der Waals surface area contributed by atoms with Crippen LogP contribution in [0.15, 0.2) is 16.8 Å². The van der Waals surface area contributed by atoms with E-state index in [9.17, 15) is 5.11 Å². The van der Waals surface area contributed by atoms with Crippen molar-refractivity contribution in [2.45, 2.75) is 44.8 Å². The fraction of sp³-hybridized carbons (Fsp3) is 0.583. The molecule has 2 heterocycles. The second kappa shape index (κ2) is 4.53. The predicted octanol–water partition coefficient (Wildman–Crippen LogP) is 1.72. The van der Waals surface area contributed by atoms with Crippen molar-refractivity contribution in [2.75, 3.05) is 0 Å². The van der Waals surface area contributed by atoms with Crippen molar-refractivity contribution in [3.8, 4) is 11.5 Å². The third-order valence-electron chi connectivity index (χ3n) is 3.42. The lowest BCUT2D eigenvalue weighted by Gasteiger charge is -2.27. The Kier molecular flexibility index (Phi) is 2.87. The number of nitrogens with zero attached hydrogens (tertiary/aromatic N) is 4. The zero-order valence-electron chi connectivity index (χ0n) is 10.3. The second-order valence-electron chi connectivity index (χ2n) is 4.75. The van der Waals surface area contributed by atoms with E-state index >= 15 is 0 Å². The van der Waals surface area contributed by atoms with E-state index in [4.69, 9.17) is 4.42 Å². The van der Waals surface area contributed by atoms with Crippen molar-refractivity contribution in [2.24, 2.45) is 0 Å². The van der Waals surface area contributed by atoms with Crippen molar-refractivity contribution >= 4 is 0 Å². The molecule has 1 fully saturated rings. The molecule has 3 rings (SSSR count). The molecule has 2 aromatic rings. The molecular weight excluding hydrogens is 232 g/mol. The highest BCUT2D eigenvalue weighted by atomic mass is 16.4. The minimum absolute atomic E-state index is 0.0315. The summed E-state index contributed by atoms with van der Waals surface area (Å²) in [5, 5.41) is 18.2. The zero-order valence-corrected chi connectivity index (χ0v) is 10.3. The van der Waals surface area contributed by atoms with Crippen LogP contribution < -0.4 is 0 Å². The van der Waals surface area contributed by atoms with Crippen molar-refractivity contribution in [1.82, 2.24) is 20.0 Å². The second-order valence-corrected chi connectivity index (χ2v) is 4.75. The summed E-state index contributed by atoms with van der Waals surface area (Å²) < 4.78 is 7.15. The predicted molar refractivity (Wildman–Crippen MR) is 63.8 cm³/mol. The number of rotatable bonds is 2. The molecule has 6 heteroatoms. The normalized spacial score (nSPS) is 24.3. The Morgan fingerprint density at radius 3 is 2.94 bits per heavy atom. The van der Waals surface area contributed by atoms with Gasteiger partial charge in [-0.15, -0.1) is 5.10 Å². The number of aromatic nitrogens is 4. The molecule has 0 aromatic carbocycles. The largest absolute Gasteiger partial charge is 0.439 e. The van der Waals surface area contributed by atoms with Crippen LogP contribution in [0.1, 0.15) is 37.6 Å². The SMILES string of the molecule is Cc1ncc(-c2cn([C@@H]3CCCC[C@H]3O)nn2)o1.